The van der Waals surface area contributed by atoms with Gasteiger partial charge in [0, 0.05) is 16.8 Å². The van der Waals surface area contributed by atoms with Crippen molar-refractivity contribution in [1.29, 1.82) is 0 Å². The Hall–Kier alpha value is -1.44. The molecule has 2 aromatic rings. The van der Waals surface area contributed by atoms with Gasteiger partial charge in [-0.25, -0.2) is 9.37 Å². The maximum atomic E-state index is 12.8. The van der Waals surface area contributed by atoms with Gasteiger partial charge in [0.2, 0.25) is 5.91 Å². The maximum absolute atomic E-state index is 12.8. The Kier molecular flexibility index (Phi) is 6.23. The normalized spacial score (nSPS) is 15.4. The van der Waals surface area contributed by atoms with Crippen LogP contribution in [0.5, 0.6) is 0 Å². The lowest BCUT2D eigenvalue weighted by Gasteiger charge is -2.25. The van der Waals surface area contributed by atoms with Crippen molar-refractivity contribution in [3.63, 3.8) is 0 Å². The van der Waals surface area contributed by atoms with E-state index in [1.54, 1.807) is 12.1 Å². The second kappa shape index (κ2) is 8.60. The van der Waals surface area contributed by atoms with Gasteiger partial charge in [-0.3, -0.25) is 9.69 Å². The van der Waals surface area contributed by atoms with Crippen molar-refractivity contribution in [2.75, 3.05) is 24.2 Å². The first kappa shape index (κ1) is 17.4. The number of anilines is 1. The molecule has 1 aromatic carbocycles. The lowest BCUT2D eigenvalue weighted by molar-refractivity contribution is -0.113. The number of likely N-dealkylation sites (tertiary alicyclic amines) is 1. The number of carbonyl (C=O) groups is 1. The summed E-state index contributed by atoms with van der Waals surface area (Å²) in [4.78, 5) is 19.8. The van der Waals surface area contributed by atoms with E-state index in [1.165, 1.54) is 54.5 Å². The molecule has 128 valence electrons. The average molecular weight is 365 g/mol. The van der Waals surface area contributed by atoms with Crippen LogP contribution in [0.25, 0.3) is 0 Å². The molecule has 0 aliphatic carbocycles. The summed E-state index contributed by atoms with van der Waals surface area (Å²) >= 11 is 2.84. The fraction of sp³-hybridized carbons (Fsp3) is 0.412. The quantitative estimate of drug-likeness (QED) is 0.786. The van der Waals surface area contributed by atoms with Crippen LogP contribution in [0.1, 0.15) is 25.0 Å². The number of amides is 1. The number of halogens is 1. The Morgan fingerprint density at radius 3 is 2.75 bits per heavy atom. The van der Waals surface area contributed by atoms with Crippen molar-refractivity contribution in [3.8, 4) is 0 Å². The molecule has 0 radical (unpaired) electrons. The first-order valence-electron chi connectivity index (χ1n) is 8.04. The Balaban J connectivity index is 1.45. The molecule has 0 saturated carbocycles. The lowest BCUT2D eigenvalue weighted by atomic mass is 10.1. The number of aromatic nitrogens is 1. The summed E-state index contributed by atoms with van der Waals surface area (Å²) in [6.07, 6.45) is 3.84. The highest BCUT2D eigenvalue weighted by atomic mass is 32.2. The summed E-state index contributed by atoms with van der Waals surface area (Å²) in [5.41, 5.74) is 1.02. The van der Waals surface area contributed by atoms with Gasteiger partial charge in [-0.2, -0.15) is 0 Å². The van der Waals surface area contributed by atoms with Gasteiger partial charge in [-0.15, -0.1) is 23.1 Å². The molecule has 0 bridgehead atoms. The molecule has 0 unspecified atom stereocenters. The van der Waals surface area contributed by atoms with E-state index in [1.807, 2.05) is 5.38 Å². The predicted molar refractivity (Wildman–Crippen MR) is 97.0 cm³/mol. The molecule has 7 heteroatoms. The molecule has 24 heavy (non-hydrogen) atoms. The number of carbonyl (C=O) groups excluding carboxylic acids is 1. The van der Waals surface area contributed by atoms with Crippen LogP contribution in [-0.4, -0.2) is 34.6 Å². The fourth-order valence-electron chi connectivity index (χ4n) is 2.62. The molecule has 1 N–H and O–H groups in total. The monoisotopic (exact) mass is 365 g/mol. The van der Waals surface area contributed by atoms with E-state index < -0.39 is 0 Å². The minimum Gasteiger partial charge on any atom is -0.301 e. The van der Waals surface area contributed by atoms with Gasteiger partial charge in [0.25, 0.3) is 0 Å². The van der Waals surface area contributed by atoms with E-state index in [2.05, 4.69) is 15.2 Å². The molecule has 1 amide bonds. The number of nitrogens with one attached hydrogen (secondary N) is 1. The van der Waals surface area contributed by atoms with Gasteiger partial charge < -0.3 is 5.32 Å². The summed E-state index contributed by atoms with van der Waals surface area (Å²) in [6, 6.07) is 6.14. The van der Waals surface area contributed by atoms with Gasteiger partial charge in [-0.1, -0.05) is 6.42 Å². The van der Waals surface area contributed by atoms with Crippen LogP contribution in [0.4, 0.5) is 9.52 Å². The van der Waals surface area contributed by atoms with Gasteiger partial charge >= 0.3 is 0 Å². The number of thioether (sulfide) groups is 1. The van der Waals surface area contributed by atoms with Crippen LogP contribution in [0.2, 0.25) is 0 Å². The summed E-state index contributed by atoms with van der Waals surface area (Å²) in [7, 11) is 0. The van der Waals surface area contributed by atoms with Crippen molar-refractivity contribution in [2.24, 2.45) is 0 Å². The first-order valence-corrected chi connectivity index (χ1v) is 9.90. The minimum absolute atomic E-state index is 0.0943. The van der Waals surface area contributed by atoms with E-state index in [9.17, 15) is 9.18 Å². The van der Waals surface area contributed by atoms with E-state index in [-0.39, 0.29) is 17.5 Å². The molecule has 2 heterocycles. The standard InChI is InChI=1S/C17H20FN3OS2/c18-13-4-6-15(7-5-13)23-12-16(22)20-17-19-14(11-24-17)10-21-8-2-1-3-9-21/h4-7,11H,1-3,8-10,12H2,(H,19,20,22). The molecule has 1 aliphatic heterocycles. The maximum Gasteiger partial charge on any atom is 0.236 e. The van der Waals surface area contributed by atoms with Crippen molar-refractivity contribution in [3.05, 3.63) is 41.2 Å². The molecule has 3 rings (SSSR count). The van der Waals surface area contributed by atoms with Crippen LogP contribution in [0, 0.1) is 5.82 Å². The molecule has 1 saturated heterocycles. The molecule has 1 fully saturated rings. The average Bonchev–Trinajstić information content (AvgIpc) is 3.02. The Bertz CT molecular complexity index is 669. The van der Waals surface area contributed by atoms with E-state index in [0.29, 0.717) is 5.13 Å². The highest BCUT2D eigenvalue weighted by Gasteiger charge is 2.13. The molecule has 0 atom stereocenters. The summed E-state index contributed by atoms with van der Waals surface area (Å²) in [6.45, 7) is 3.12. The highest BCUT2D eigenvalue weighted by Crippen LogP contribution is 2.21. The number of rotatable bonds is 6. The van der Waals surface area contributed by atoms with Gasteiger partial charge in [0.15, 0.2) is 5.13 Å². The molecule has 4 nitrogen and oxygen atoms in total. The number of hydrogen-bond donors (Lipinski definition) is 1. The third-order valence-electron chi connectivity index (χ3n) is 3.82. The zero-order chi connectivity index (χ0) is 16.8. The van der Waals surface area contributed by atoms with E-state index >= 15 is 0 Å². The Labute approximate surface area is 149 Å². The fourth-order valence-corrected chi connectivity index (χ4v) is 4.03. The molecule has 0 spiro atoms. The second-order valence-corrected chi connectivity index (χ2v) is 7.68. The third-order valence-corrected chi connectivity index (χ3v) is 5.63. The largest absolute Gasteiger partial charge is 0.301 e. The molecular weight excluding hydrogens is 345 g/mol. The Morgan fingerprint density at radius 1 is 1.25 bits per heavy atom. The Morgan fingerprint density at radius 2 is 2.00 bits per heavy atom. The van der Waals surface area contributed by atoms with Crippen molar-refractivity contribution >= 4 is 34.1 Å². The van der Waals surface area contributed by atoms with Crippen molar-refractivity contribution in [1.82, 2.24) is 9.88 Å². The van der Waals surface area contributed by atoms with Gasteiger partial charge in [0.1, 0.15) is 5.82 Å². The lowest BCUT2D eigenvalue weighted by Crippen LogP contribution is -2.29. The van der Waals surface area contributed by atoms with Crippen molar-refractivity contribution in [2.45, 2.75) is 30.7 Å². The van der Waals surface area contributed by atoms with Crippen LogP contribution in [0.3, 0.4) is 0 Å². The smallest absolute Gasteiger partial charge is 0.236 e. The van der Waals surface area contributed by atoms with Gasteiger partial charge in [0.05, 0.1) is 11.4 Å². The number of hydrogen-bond acceptors (Lipinski definition) is 5. The first-order chi connectivity index (χ1) is 11.7. The number of benzene rings is 1. The molecule has 1 aliphatic rings. The predicted octanol–water partition coefficient (Wildman–Crippen LogP) is 4.00. The number of nitrogens with zero attached hydrogens (tertiary/aromatic N) is 2. The van der Waals surface area contributed by atoms with Crippen LogP contribution in [-0.2, 0) is 11.3 Å². The van der Waals surface area contributed by atoms with Crippen LogP contribution in [0.15, 0.2) is 34.5 Å². The van der Waals surface area contributed by atoms with E-state index in [4.69, 9.17) is 0 Å². The molecule has 1 aromatic heterocycles. The topological polar surface area (TPSA) is 45.2 Å². The van der Waals surface area contributed by atoms with E-state index in [0.717, 1.165) is 30.2 Å². The zero-order valence-electron chi connectivity index (χ0n) is 13.3. The minimum atomic E-state index is -0.271. The van der Waals surface area contributed by atoms with Crippen molar-refractivity contribution < 1.29 is 9.18 Å². The highest BCUT2D eigenvalue weighted by molar-refractivity contribution is 8.00. The number of thiazole rings is 1. The number of piperidine rings is 1. The third kappa shape index (κ3) is 5.29. The van der Waals surface area contributed by atoms with Gasteiger partial charge in [-0.05, 0) is 50.2 Å². The summed E-state index contributed by atoms with van der Waals surface area (Å²) in [5.74, 6) is -0.0804. The zero-order valence-corrected chi connectivity index (χ0v) is 15.0. The van der Waals surface area contributed by atoms with Crippen LogP contribution < -0.4 is 5.32 Å². The summed E-state index contributed by atoms with van der Waals surface area (Å²) < 4.78 is 12.8. The second-order valence-electron chi connectivity index (χ2n) is 5.77. The summed E-state index contributed by atoms with van der Waals surface area (Å²) in [5, 5.41) is 5.49. The SMILES string of the molecule is O=C(CSc1ccc(F)cc1)Nc1nc(CN2CCCCC2)cs1. The molecular formula is C17H20FN3OS2. The van der Waals surface area contributed by atoms with Crippen LogP contribution >= 0.6 is 23.1 Å².